The lowest BCUT2D eigenvalue weighted by Crippen LogP contribution is -2.29. The summed E-state index contributed by atoms with van der Waals surface area (Å²) < 4.78 is 7.38. The quantitative estimate of drug-likeness (QED) is 0.673. The van der Waals surface area contributed by atoms with Gasteiger partial charge in [0.2, 0.25) is 5.91 Å². The van der Waals surface area contributed by atoms with Crippen LogP contribution in [-0.2, 0) is 4.79 Å². The van der Waals surface area contributed by atoms with Gasteiger partial charge >= 0.3 is 0 Å². The van der Waals surface area contributed by atoms with Crippen LogP contribution in [0.2, 0.25) is 0 Å². The zero-order valence-electron chi connectivity index (χ0n) is 14.4. The standard InChI is InChI=1S/C18H20N4O2S/c1-12-9-13-5-6-14(24-2)10-15(13)22-17(12)19-20-18(22)25-11-16(23)21-7-3-4-8-21/h5-6,9-10H,3-4,7-8,11H2,1-2H3. The summed E-state index contributed by atoms with van der Waals surface area (Å²) in [6.45, 7) is 3.77. The number of amides is 1. The van der Waals surface area contributed by atoms with Crippen molar-refractivity contribution in [3.8, 4) is 5.75 Å². The first-order valence-electron chi connectivity index (χ1n) is 8.40. The lowest BCUT2D eigenvalue weighted by molar-refractivity contribution is -0.127. The van der Waals surface area contributed by atoms with E-state index in [-0.39, 0.29) is 5.91 Å². The first-order valence-corrected chi connectivity index (χ1v) is 9.39. The molecule has 0 bridgehead atoms. The Morgan fingerprint density at radius 3 is 2.80 bits per heavy atom. The minimum absolute atomic E-state index is 0.175. The highest BCUT2D eigenvalue weighted by atomic mass is 32.2. The summed E-state index contributed by atoms with van der Waals surface area (Å²) in [4.78, 5) is 14.3. The number of nitrogens with zero attached hydrogens (tertiary/aromatic N) is 4. The highest BCUT2D eigenvalue weighted by molar-refractivity contribution is 7.99. The minimum atomic E-state index is 0.175. The molecular weight excluding hydrogens is 336 g/mol. The number of carbonyl (C=O) groups excluding carboxylic acids is 1. The lowest BCUT2D eigenvalue weighted by atomic mass is 10.1. The monoisotopic (exact) mass is 356 g/mol. The second-order valence-electron chi connectivity index (χ2n) is 6.27. The third kappa shape index (κ3) is 2.93. The van der Waals surface area contributed by atoms with Gasteiger partial charge in [-0.15, -0.1) is 10.2 Å². The molecule has 0 spiro atoms. The Labute approximate surface area is 150 Å². The van der Waals surface area contributed by atoms with E-state index in [9.17, 15) is 4.79 Å². The van der Waals surface area contributed by atoms with Crippen molar-refractivity contribution in [3.63, 3.8) is 0 Å². The molecule has 1 aliphatic rings. The number of rotatable bonds is 4. The summed E-state index contributed by atoms with van der Waals surface area (Å²) in [6.07, 6.45) is 2.21. The Morgan fingerprint density at radius 2 is 2.04 bits per heavy atom. The molecule has 2 aromatic heterocycles. The molecule has 3 heterocycles. The number of pyridine rings is 1. The van der Waals surface area contributed by atoms with Gasteiger partial charge in [0.15, 0.2) is 10.8 Å². The molecule has 7 heteroatoms. The van der Waals surface area contributed by atoms with Gasteiger partial charge in [0.1, 0.15) is 5.75 Å². The molecule has 0 saturated carbocycles. The lowest BCUT2D eigenvalue weighted by Gasteiger charge is -2.14. The molecular formula is C18H20N4O2S. The number of carbonyl (C=O) groups is 1. The third-order valence-electron chi connectivity index (χ3n) is 4.62. The van der Waals surface area contributed by atoms with Crippen LogP contribution >= 0.6 is 11.8 Å². The van der Waals surface area contributed by atoms with E-state index in [2.05, 4.69) is 16.3 Å². The Balaban J connectivity index is 1.72. The van der Waals surface area contributed by atoms with Crippen molar-refractivity contribution in [1.82, 2.24) is 19.5 Å². The van der Waals surface area contributed by atoms with Gasteiger partial charge in [0.25, 0.3) is 0 Å². The second-order valence-corrected chi connectivity index (χ2v) is 7.21. The molecule has 1 saturated heterocycles. The van der Waals surface area contributed by atoms with Crippen molar-refractivity contribution in [2.45, 2.75) is 24.9 Å². The molecule has 1 fully saturated rings. The van der Waals surface area contributed by atoms with E-state index >= 15 is 0 Å². The largest absolute Gasteiger partial charge is 0.497 e. The number of benzene rings is 1. The van der Waals surface area contributed by atoms with E-state index in [0.717, 1.165) is 59.0 Å². The van der Waals surface area contributed by atoms with Crippen molar-refractivity contribution in [2.75, 3.05) is 26.0 Å². The number of fused-ring (bicyclic) bond motifs is 3. The van der Waals surface area contributed by atoms with Gasteiger partial charge in [0, 0.05) is 19.2 Å². The van der Waals surface area contributed by atoms with Crippen LogP contribution in [0.5, 0.6) is 5.75 Å². The Hall–Kier alpha value is -2.28. The molecule has 0 atom stereocenters. The fourth-order valence-corrected chi connectivity index (χ4v) is 4.13. The third-order valence-corrected chi connectivity index (χ3v) is 5.53. The Bertz CT molecular complexity index is 947. The highest BCUT2D eigenvalue weighted by Crippen LogP contribution is 2.28. The molecule has 1 aromatic carbocycles. The molecule has 6 nitrogen and oxygen atoms in total. The maximum Gasteiger partial charge on any atom is 0.233 e. The maximum absolute atomic E-state index is 12.3. The molecule has 0 N–H and O–H groups in total. The number of hydrogen-bond donors (Lipinski definition) is 0. The first-order chi connectivity index (χ1) is 12.2. The normalized spacial score (nSPS) is 14.6. The minimum Gasteiger partial charge on any atom is -0.497 e. The van der Waals surface area contributed by atoms with Crippen LogP contribution in [0.25, 0.3) is 16.6 Å². The Kier molecular flexibility index (Phi) is 4.25. The Morgan fingerprint density at radius 1 is 1.24 bits per heavy atom. The number of methoxy groups -OCH3 is 1. The van der Waals surface area contributed by atoms with Gasteiger partial charge in [-0.1, -0.05) is 11.8 Å². The first kappa shape index (κ1) is 16.2. The zero-order chi connectivity index (χ0) is 17.4. The number of hydrogen-bond acceptors (Lipinski definition) is 5. The molecule has 0 unspecified atom stereocenters. The molecule has 1 aliphatic heterocycles. The topological polar surface area (TPSA) is 59.7 Å². The van der Waals surface area contributed by atoms with E-state index < -0.39 is 0 Å². The van der Waals surface area contributed by atoms with E-state index in [1.807, 2.05) is 34.4 Å². The summed E-state index contributed by atoms with van der Waals surface area (Å²) in [7, 11) is 1.66. The van der Waals surface area contributed by atoms with E-state index in [0.29, 0.717) is 5.75 Å². The average molecular weight is 356 g/mol. The SMILES string of the molecule is COc1ccc2cc(C)c3nnc(SCC(=O)N4CCCC4)n3c2c1. The average Bonchev–Trinajstić information content (AvgIpc) is 3.30. The van der Waals surface area contributed by atoms with Crippen molar-refractivity contribution < 1.29 is 9.53 Å². The van der Waals surface area contributed by atoms with Crippen LogP contribution in [0.3, 0.4) is 0 Å². The summed E-state index contributed by atoms with van der Waals surface area (Å²) in [6, 6.07) is 8.06. The summed E-state index contributed by atoms with van der Waals surface area (Å²) in [5.74, 6) is 1.35. The molecule has 130 valence electrons. The van der Waals surface area contributed by atoms with E-state index in [1.54, 1.807) is 7.11 Å². The molecule has 25 heavy (non-hydrogen) atoms. The fraction of sp³-hybridized carbons (Fsp3) is 0.389. The predicted molar refractivity (Wildman–Crippen MR) is 98.3 cm³/mol. The molecule has 3 aromatic rings. The molecule has 1 amide bonds. The number of aryl methyl sites for hydroxylation is 1. The molecule has 0 aliphatic carbocycles. The number of thioether (sulfide) groups is 1. The number of ether oxygens (including phenoxy) is 1. The second kappa shape index (κ2) is 6.55. The summed E-state index contributed by atoms with van der Waals surface area (Å²) in [5, 5.41) is 10.5. The van der Waals surface area contributed by atoms with Gasteiger partial charge in [-0.2, -0.15) is 0 Å². The number of aromatic nitrogens is 3. The smallest absolute Gasteiger partial charge is 0.233 e. The van der Waals surface area contributed by atoms with Crippen molar-refractivity contribution in [1.29, 1.82) is 0 Å². The van der Waals surface area contributed by atoms with E-state index in [4.69, 9.17) is 4.74 Å². The molecule has 0 radical (unpaired) electrons. The van der Waals surface area contributed by atoms with Crippen molar-refractivity contribution in [2.24, 2.45) is 0 Å². The zero-order valence-corrected chi connectivity index (χ0v) is 15.2. The summed E-state index contributed by atoms with van der Waals surface area (Å²) >= 11 is 1.45. The predicted octanol–water partition coefficient (Wildman–Crippen LogP) is 2.91. The van der Waals surface area contributed by atoms with Gasteiger partial charge in [0.05, 0.1) is 18.4 Å². The highest BCUT2D eigenvalue weighted by Gasteiger charge is 2.20. The molecule has 4 rings (SSSR count). The summed E-state index contributed by atoms with van der Waals surface area (Å²) in [5.41, 5.74) is 2.86. The van der Waals surface area contributed by atoms with Gasteiger partial charge < -0.3 is 9.64 Å². The van der Waals surface area contributed by atoms with Crippen LogP contribution in [0.15, 0.2) is 29.4 Å². The van der Waals surface area contributed by atoms with Crippen LogP contribution < -0.4 is 4.74 Å². The van der Waals surface area contributed by atoms with Gasteiger partial charge in [-0.3, -0.25) is 9.20 Å². The van der Waals surface area contributed by atoms with Gasteiger partial charge in [-0.05, 0) is 48.9 Å². The van der Waals surface area contributed by atoms with Crippen LogP contribution in [0.4, 0.5) is 0 Å². The van der Waals surface area contributed by atoms with Crippen molar-refractivity contribution in [3.05, 3.63) is 29.8 Å². The van der Waals surface area contributed by atoms with E-state index in [1.165, 1.54) is 11.8 Å². The van der Waals surface area contributed by atoms with Crippen LogP contribution in [0.1, 0.15) is 18.4 Å². The number of likely N-dealkylation sites (tertiary alicyclic amines) is 1. The maximum atomic E-state index is 12.3. The van der Waals surface area contributed by atoms with Gasteiger partial charge in [-0.25, -0.2) is 0 Å². The van der Waals surface area contributed by atoms with Crippen LogP contribution in [0, 0.1) is 6.92 Å². The van der Waals surface area contributed by atoms with Crippen LogP contribution in [-0.4, -0.2) is 51.4 Å². The fourth-order valence-electron chi connectivity index (χ4n) is 3.28. The van der Waals surface area contributed by atoms with Crippen molar-refractivity contribution >= 4 is 34.2 Å².